The van der Waals surface area contributed by atoms with Crippen molar-refractivity contribution in [1.29, 1.82) is 0 Å². The predicted octanol–water partition coefficient (Wildman–Crippen LogP) is 1.79. The zero-order valence-corrected chi connectivity index (χ0v) is 13.9. The second kappa shape index (κ2) is 7.14. The summed E-state index contributed by atoms with van der Waals surface area (Å²) in [7, 11) is 0. The smallest absolute Gasteiger partial charge is 0.322 e. The Morgan fingerprint density at radius 1 is 1.00 bits per heavy atom. The molecule has 134 valence electrons. The molecule has 1 heterocycles. The first-order valence-corrected chi connectivity index (χ1v) is 7.75. The van der Waals surface area contributed by atoms with E-state index >= 15 is 0 Å². The molecule has 0 atom stereocenters. The Morgan fingerprint density at radius 3 is 2.42 bits per heavy atom. The number of anilines is 1. The van der Waals surface area contributed by atoms with Gasteiger partial charge in [0.2, 0.25) is 6.79 Å². The van der Waals surface area contributed by atoms with Crippen molar-refractivity contribution in [2.45, 2.75) is 6.92 Å². The number of hydrogen-bond donors (Lipinski definition) is 3. The van der Waals surface area contributed by atoms with Crippen molar-refractivity contribution in [2.24, 2.45) is 0 Å². The first-order valence-electron chi connectivity index (χ1n) is 7.75. The minimum Gasteiger partial charge on any atom is -0.480 e. The average Bonchev–Trinajstić information content (AvgIpc) is 3.08. The van der Waals surface area contributed by atoms with E-state index in [2.05, 4.69) is 10.6 Å². The number of aliphatic carboxylic acids is 1. The van der Waals surface area contributed by atoms with Crippen molar-refractivity contribution in [3.63, 3.8) is 0 Å². The Hall–Kier alpha value is -3.55. The van der Waals surface area contributed by atoms with Crippen LogP contribution in [0.25, 0.3) is 0 Å². The van der Waals surface area contributed by atoms with Gasteiger partial charge in [-0.15, -0.1) is 0 Å². The number of carbonyl (C=O) groups excluding carboxylic acids is 2. The average molecular weight is 356 g/mol. The Kier molecular flexibility index (Phi) is 4.74. The molecule has 3 N–H and O–H groups in total. The van der Waals surface area contributed by atoms with Crippen LogP contribution in [0, 0.1) is 6.92 Å². The molecule has 0 spiro atoms. The van der Waals surface area contributed by atoms with Gasteiger partial charge in [0.05, 0.1) is 0 Å². The fourth-order valence-electron chi connectivity index (χ4n) is 2.44. The van der Waals surface area contributed by atoms with Crippen LogP contribution < -0.4 is 20.1 Å². The summed E-state index contributed by atoms with van der Waals surface area (Å²) < 4.78 is 10.5. The zero-order valence-electron chi connectivity index (χ0n) is 13.9. The zero-order chi connectivity index (χ0) is 18.7. The first-order chi connectivity index (χ1) is 12.4. The molecule has 3 rings (SSSR count). The van der Waals surface area contributed by atoms with Crippen LogP contribution in [0.2, 0.25) is 0 Å². The van der Waals surface area contributed by atoms with E-state index in [1.807, 2.05) is 0 Å². The number of amides is 2. The molecular weight excluding hydrogens is 340 g/mol. The molecule has 0 saturated heterocycles. The number of carboxylic acid groups (broad SMARTS) is 1. The van der Waals surface area contributed by atoms with Crippen LogP contribution in [0.1, 0.15) is 26.3 Å². The van der Waals surface area contributed by atoms with E-state index in [1.54, 1.807) is 37.3 Å². The highest BCUT2D eigenvalue weighted by Gasteiger charge is 2.17. The van der Waals surface area contributed by atoms with Crippen LogP contribution >= 0.6 is 0 Å². The summed E-state index contributed by atoms with van der Waals surface area (Å²) in [5.74, 6) is -0.837. The molecule has 0 radical (unpaired) electrons. The van der Waals surface area contributed by atoms with Crippen molar-refractivity contribution in [3.8, 4) is 11.5 Å². The molecule has 0 bridgehead atoms. The number of rotatable bonds is 5. The fourth-order valence-corrected chi connectivity index (χ4v) is 2.44. The molecule has 8 nitrogen and oxygen atoms in total. The second-order valence-electron chi connectivity index (χ2n) is 5.63. The van der Waals surface area contributed by atoms with E-state index in [0.29, 0.717) is 33.9 Å². The molecule has 2 aromatic carbocycles. The van der Waals surface area contributed by atoms with Crippen LogP contribution in [-0.4, -0.2) is 36.2 Å². The fraction of sp³-hybridized carbons (Fsp3) is 0.167. The summed E-state index contributed by atoms with van der Waals surface area (Å²) in [5, 5.41) is 13.7. The van der Waals surface area contributed by atoms with Crippen LogP contribution in [0.4, 0.5) is 5.69 Å². The summed E-state index contributed by atoms with van der Waals surface area (Å²) in [6.07, 6.45) is 0. The summed E-state index contributed by atoms with van der Waals surface area (Å²) in [5.41, 5.74) is 1.94. The maximum absolute atomic E-state index is 12.4. The van der Waals surface area contributed by atoms with E-state index in [4.69, 9.17) is 14.6 Å². The molecule has 0 fully saturated rings. The molecule has 1 aliphatic rings. The molecule has 8 heteroatoms. The Balaban J connectivity index is 1.71. The van der Waals surface area contributed by atoms with Gasteiger partial charge < -0.3 is 25.2 Å². The number of fused-ring (bicyclic) bond motifs is 1. The lowest BCUT2D eigenvalue weighted by Gasteiger charge is -2.11. The van der Waals surface area contributed by atoms with E-state index in [1.165, 1.54) is 6.07 Å². The van der Waals surface area contributed by atoms with Crippen molar-refractivity contribution < 1.29 is 29.0 Å². The summed E-state index contributed by atoms with van der Waals surface area (Å²) in [6.45, 7) is 1.41. The molecule has 2 amide bonds. The van der Waals surface area contributed by atoms with Gasteiger partial charge in [-0.2, -0.15) is 0 Å². The lowest BCUT2D eigenvalue weighted by molar-refractivity contribution is -0.135. The summed E-state index contributed by atoms with van der Waals surface area (Å²) in [6, 6.07) is 9.58. The number of benzene rings is 2. The van der Waals surface area contributed by atoms with Crippen molar-refractivity contribution in [2.75, 3.05) is 18.7 Å². The van der Waals surface area contributed by atoms with Gasteiger partial charge in [-0.1, -0.05) is 0 Å². The van der Waals surface area contributed by atoms with Crippen LogP contribution in [0.3, 0.4) is 0 Å². The topological polar surface area (TPSA) is 114 Å². The highest BCUT2D eigenvalue weighted by Crippen LogP contribution is 2.32. The van der Waals surface area contributed by atoms with Crippen molar-refractivity contribution in [3.05, 3.63) is 53.1 Å². The number of carboxylic acids is 1. The van der Waals surface area contributed by atoms with Gasteiger partial charge in [0.15, 0.2) is 11.5 Å². The van der Waals surface area contributed by atoms with Gasteiger partial charge in [0.1, 0.15) is 6.54 Å². The Labute approximate surface area is 148 Å². The van der Waals surface area contributed by atoms with Crippen LogP contribution in [0.15, 0.2) is 36.4 Å². The Morgan fingerprint density at radius 2 is 1.69 bits per heavy atom. The van der Waals surface area contributed by atoms with Crippen LogP contribution in [-0.2, 0) is 4.79 Å². The monoisotopic (exact) mass is 356 g/mol. The number of ether oxygens (including phenoxy) is 2. The summed E-state index contributed by atoms with van der Waals surface area (Å²) >= 11 is 0. The maximum atomic E-state index is 12.4. The molecule has 26 heavy (non-hydrogen) atoms. The molecule has 0 unspecified atom stereocenters. The van der Waals surface area contributed by atoms with Crippen LogP contribution in [0.5, 0.6) is 11.5 Å². The standard InChI is InChI=1S/C18H16N2O6/c1-10-6-11(17(23)19-8-16(21)22)2-4-13(10)20-18(24)12-3-5-14-15(7-12)26-9-25-14/h2-7H,8-9H2,1H3,(H,19,23)(H,20,24)(H,21,22). The van der Waals surface area contributed by atoms with Gasteiger partial charge in [0.25, 0.3) is 11.8 Å². The van der Waals surface area contributed by atoms with E-state index in [-0.39, 0.29) is 12.7 Å². The highest BCUT2D eigenvalue weighted by atomic mass is 16.7. The van der Waals surface area contributed by atoms with Gasteiger partial charge >= 0.3 is 5.97 Å². The normalized spacial score (nSPS) is 11.7. The van der Waals surface area contributed by atoms with Gasteiger partial charge in [-0.3, -0.25) is 14.4 Å². The number of aryl methyl sites for hydroxylation is 1. The predicted molar refractivity (Wildman–Crippen MR) is 91.7 cm³/mol. The van der Waals surface area contributed by atoms with E-state index in [9.17, 15) is 14.4 Å². The largest absolute Gasteiger partial charge is 0.480 e. The second-order valence-corrected chi connectivity index (χ2v) is 5.63. The highest BCUT2D eigenvalue weighted by molar-refractivity contribution is 6.05. The number of nitrogens with one attached hydrogen (secondary N) is 2. The van der Waals surface area contributed by atoms with Gasteiger partial charge in [-0.25, -0.2) is 0 Å². The molecule has 0 saturated carbocycles. The summed E-state index contributed by atoms with van der Waals surface area (Å²) in [4.78, 5) is 34.8. The third kappa shape index (κ3) is 3.75. The maximum Gasteiger partial charge on any atom is 0.322 e. The third-order valence-electron chi connectivity index (χ3n) is 3.77. The lowest BCUT2D eigenvalue weighted by Crippen LogP contribution is -2.29. The third-order valence-corrected chi connectivity index (χ3v) is 3.77. The Bertz CT molecular complexity index is 893. The number of carbonyl (C=O) groups is 3. The molecular formula is C18H16N2O6. The molecule has 0 aromatic heterocycles. The van der Waals surface area contributed by atoms with Gasteiger partial charge in [-0.05, 0) is 48.9 Å². The quantitative estimate of drug-likeness (QED) is 0.753. The minimum absolute atomic E-state index is 0.130. The number of hydrogen-bond acceptors (Lipinski definition) is 5. The van der Waals surface area contributed by atoms with Gasteiger partial charge in [0, 0.05) is 16.8 Å². The van der Waals surface area contributed by atoms with Crippen molar-refractivity contribution >= 4 is 23.5 Å². The van der Waals surface area contributed by atoms with E-state index in [0.717, 1.165) is 0 Å². The molecule has 1 aliphatic heterocycles. The molecule has 2 aromatic rings. The lowest BCUT2D eigenvalue weighted by atomic mass is 10.1. The minimum atomic E-state index is -1.12. The van der Waals surface area contributed by atoms with E-state index < -0.39 is 18.4 Å². The van der Waals surface area contributed by atoms with Crippen molar-refractivity contribution in [1.82, 2.24) is 5.32 Å². The first kappa shape index (κ1) is 17.3. The SMILES string of the molecule is Cc1cc(C(=O)NCC(=O)O)ccc1NC(=O)c1ccc2c(c1)OCO2. The molecule has 0 aliphatic carbocycles.